The van der Waals surface area contributed by atoms with E-state index < -0.39 is 0 Å². The molecular formula is C16H23N5O3. The number of rotatable bonds is 5. The summed E-state index contributed by atoms with van der Waals surface area (Å²) in [6, 6.07) is 3.46. The van der Waals surface area contributed by atoms with E-state index in [0.29, 0.717) is 11.6 Å². The molecule has 0 spiro atoms. The summed E-state index contributed by atoms with van der Waals surface area (Å²) < 4.78 is 10.2. The molecule has 0 aliphatic carbocycles. The molecule has 8 heteroatoms. The largest absolute Gasteiger partial charge is 0.360 e. The van der Waals surface area contributed by atoms with E-state index in [-0.39, 0.29) is 11.9 Å². The monoisotopic (exact) mass is 333 g/mol. The van der Waals surface area contributed by atoms with Crippen LogP contribution in [0.15, 0.2) is 21.2 Å². The Balaban J connectivity index is 1.47. The lowest BCUT2D eigenvalue weighted by Crippen LogP contribution is -2.52. The van der Waals surface area contributed by atoms with Gasteiger partial charge >= 0.3 is 0 Å². The Morgan fingerprint density at radius 2 is 1.96 bits per heavy atom. The van der Waals surface area contributed by atoms with Gasteiger partial charge in [0.2, 0.25) is 5.91 Å². The quantitative estimate of drug-likeness (QED) is 0.885. The van der Waals surface area contributed by atoms with Crippen LogP contribution in [0.25, 0.3) is 0 Å². The molecular weight excluding hydrogens is 310 g/mol. The number of aryl methyl sites for hydroxylation is 2. The first-order chi connectivity index (χ1) is 11.5. The minimum absolute atomic E-state index is 0.0670. The number of carbonyl (C=O) groups excluding carboxylic acids is 1. The van der Waals surface area contributed by atoms with Gasteiger partial charge in [0, 0.05) is 38.3 Å². The highest BCUT2D eigenvalue weighted by Gasteiger charge is 2.26. The summed E-state index contributed by atoms with van der Waals surface area (Å²) >= 11 is 0. The molecule has 1 unspecified atom stereocenters. The van der Waals surface area contributed by atoms with Crippen molar-refractivity contribution in [2.24, 2.45) is 0 Å². The standard InChI is InChI=1S/C16H23N5O3/c1-11-8-14(24-18-11)10-20-4-6-21(7-5-20)13(3)16(22)17-15-9-12(2)23-19-15/h8-9,13H,4-7,10H2,1-3H3,(H,17,19,22). The lowest BCUT2D eigenvalue weighted by atomic mass is 10.2. The SMILES string of the molecule is Cc1cc(CN2CCN(C(C)C(=O)Nc3cc(C)on3)CC2)on1. The van der Waals surface area contributed by atoms with Gasteiger partial charge in [-0.15, -0.1) is 0 Å². The maximum atomic E-state index is 12.3. The summed E-state index contributed by atoms with van der Waals surface area (Å²) in [5.41, 5.74) is 0.900. The van der Waals surface area contributed by atoms with E-state index in [2.05, 4.69) is 25.4 Å². The van der Waals surface area contributed by atoms with Crippen molar-refractivity contribution in [2.75, 3.05) is 31.5 Å². The lowest BCUT2D eigenvalue weighted by molar-refractivity contribution is -0.121. The third-order valence-corrected chi connectivity index (χ3v) is 4.27. The third kappa shape index (κ3) is 4.01. The van der Waals surface area contributed by atoms with E-state index in [4.69, 9.17) is 9.05 Å². The van der Waals surface area contributed by atoms with Crippen LogP contribution in [0.4, 0.5) is 5.82 Å². The summed E-state index contributed by atoms with van der Waals surface area (Å²) in [6.07, 6.45) is 0. The van der Waals surface area contributed by atoms with Crippen molar-refractivity contribution in [3.63, 3.8) is 0 Å². The number of anilines is 1. The second kappa shape index (κ2) is 7.14. The van der Waals surface area contributed by atoms with Gasteiger partial charge in [-0.05, 0) is 20.8 Å². The van der Waals surface area contributed by atoms with Gasteiger partial charge in [0.05, 0.1) is 18.3 Å². The number of carbonyl (C=O) groups is 1. The number of aromatic nitrogens is 2. The highest BCUT2D eigenvalue weighted by molar-refractivity contribution is 5.93. The first kappa shape index (κ1) is 16.7. The molecule has 2 aromatic heterocycles. The Morgan fingerprint density at radius 1 is 1.21 bits per heavy atom. The average Bonchev–Trinajstić information content (AvgIpc) is 3.15. The molecule has 1 atom stereocenters. The molecule has 1 fully saturated rings. The fraction of sp³-hybridized carbons (Fsp3) is 0.562. The molecule has 130 valence electrons. The molecule has 2 aromatic rings. The Hall–Kier alpha value is -2.19. The number of piperazine rings is 1. The van der Waals surface area contributed by atoms with Crippen molar-refractivity contribution in [3.8, 4) is 0 Å². The Kier molecular flexibility index (Phi) is 4.96. The predicted octanol–water partition coefficient (Wildman–Crippen LogP) is 1.42. The number of amides is 1. The van der Waals surface area contributed by atoms with Crippen molar-refractivity contribution >= 4 is 11.7 Å². The van der Waals surface area contributed by atoms with Crippen LogP contribution in [0.2, 0.25) is 0 Å². The topological polar surface area (TPSA) is 87.6 Å². The molecule has 1 amide bonds. The van der Waals surface area contributed by atoms with Crippen molar-refractivity contribution in [1.82, 2.24) is 20.1 Å². The molecule has 3 heterocycles. The van der Waals surface area contributed by atoms with Crippen molar-refractivity contribution in [3.05, 3.63) is 29.3 Å². The smallest absolute Gasteiger partial charge is 0.242 e. The summed E-state index contributed by atoms with van der Waals surface area (Å²) in [7, 11) is 0. The van der Waals surface area contributed by atoms with Gasteiger partial charge in [-0.2, -0.15) is 0 Å². The van der Waals surface area contributed by atoms with Gasteiger partial charge in [-0.1, -0.05) is 10.3 Å². The Morgan fingerprint density at radius 3 is 2.54 bits per heavy atom. The normalized spacial score (nSPS) is 17.8. The molecule has 1 saturated heterocycles. The van der Waals surface area contributed by atoms with E-state index in [1.54, 1.807) is 13.0 Å². The summed E-state index contributed by atoms with van der Waals surface area (Å²) in [5.74, 6) is 1.95. The molecule has 0 aromatic carbocycles. The zero-order chi connectivity index (χ0) is 17.1. The minimum Gasteiger partial charge on any atom is -0.360 e. The molecule has 24 heavy (non-hydrogen) atoms. The van der Waals surface area contributed by atoms with Crippen LogP contribution in [-0.4, -0.2) is 58.2 Å². The maximum Gasteiger partial charge on any atom is 0.242 e. The van der Waals surface area contributed by atoms with Crippen molar-refractivity contribution in [1.29, 1.82) is 0 Å². The van der Waals surface area contributed by atoms with E-state index in [1.807, 2.05) is 19.9 Å². The summed E-state index contributed by atoms with van der Waals surface area (Å²) in [5, 5.41) is 10.5. The second-order valence-corrected chi connectivity index (χ2v) is 6.23. The zero-order valence-electron chi connectivity index (χ0n) is 14.3. The van der Waals surface area contributed by atoms with E-state index in [0.717, 1.165) is 44.2 Å². The first-order valence-electron chi connectivity index (χ1n) is 8.14. The van der Waals surface area contributed by atoms with Crippen LogP contribution in [0.3, 0.4) is 0 Å². The van der Waals surface area contributed by atoms with Crippen LogP contribution in [0, 0.1) is 13.8 Å². The van der Waals surface area contributed by atoms with Gasteiger partial charge in [0.1, 0.15) is 5.76 Å². The zero-order valence-corrected chi connectivity index (χ0v) is 14.3. The molecule has 0 radical (unpaired) electrons. The third-order valence-electron chi connectivity index (χ3n) is 4.27. The van der Waals surface area contributed by atoms with Gasteiger partial charge in [0.25, 0.3) is 0 Å². The molecule has 1 aliphatic rings. The second-order valence-electron chi connectivity index (χ2n) is 6.23. The van der Waals surface area contributed by atoms with Crippen LogP contribution >= 0.6 is 0 Å². The number of hydrogen-bond donors (Lipinski definition) is 1. The van der Waals surface area contributed by atoms with E-state index >= 15 is 0 Å². The molecule has 8 nitrogen and oxygen atoms in total. The Labute approximate surface area is 140 Å². The maximum absolute atomic E-state index is 12.3. The number of nitrogens with zero attached hydrogens (tertiary/aromatic N) is 4. The summed E-state index contributed by atoms with van der Waals surface area (Å²) in [6.45, 7) is 9.83. The van der Waals surface area contributed by atoms with Crippen molar-refractivity contribution < 1.29 is 13.8 Å². The fourth-order valence-electron chi connectivity index (χ4n) is 2.84. The number of nitrogens with one attached hydrogen (secondary N) is 1. The lowest BCUT2D eigenvalue weighted by Gasteiger charge is -2.36. The molecule has 0 saturated carbocycles. The van der Waals surface area contributed by atoms with Gasteiger partial charge in [-0.3, -0.25) is 14.6 Å². The first-order valence-corrected chi connectivity index (χ1v) is 8.14. The van der Waals surface area contributed by atoms with Crippen molar-refractivity contribution in [2.45, 2.75) is 33.4 Å². The number of hydrogen-bond acceptors (Lipinski definition) is 7. The highest BCUT2D eigenvalue weighted by Crippen LogP contribution is 2.13. The molecule has 0 bridgehead atoms. The van der Waals surface area contributed by atoms with Gasteiger partial charge in [-0.25, -0.2) is 0 Å². The van der Waals surface area contributed by atoms with Crippen LogP contribution in [-0.2, 0) is 11.3 Å². The predicted molar refractivity (Wildman–Crippen MR) is 87.4 cm³/mol. The van der Waals surface area contributed by atoms with Crippen LogP contribution in [0.5, 0.6) is 0 Å². The average molecular weight is 333 g/mol. The summed E-state index contributed by atoms with van der Waals surface area (Å²) in [4.78, 5) is 16.8. The molecule has 3 rings (SSSR count). The van der Waals surface area contributed by atoms with E-state index in [9.17, 15) is 4.79 Å². The van der Waals surface area contributed by atoms with E-state index in [1.165, 1.54) is 0 Å². The van der Waals surface area contributed by atoms with Gasteiger partial charge in [0.15, 0.2) is 11.6 Å². The van der Waals surface area contributed by atoms with Crippen LogP contribution in [0.1, 0.15) is 24.1 Å². The minimum atomic E-state index is -0.211. The molecule has 1 aliphatic heterocycles. The highest BCUT2D eigenvalue weighted by atomic mass is 16.5. The Bertz CT molecular complexity index is 687. The van der Waals surface area contributed by atoms with Crippen LogP contribution < -0.4 is 5.32 Å². The molecule has 1 N–H and O–H groups in total. The fourth-order valence-corrected chi connectivity index (χ4v) is 2.84. The van der Waals surface area contributed by atoms with Gasteiger partial charge < -0.3 is 14.4 Å².